The lowest BCUT2D eigenvalue weighted by atomic mass is 9.85. The van der Waals surface area contributed by atoms with Crippen molar-refractivity contribution in [3.05, 3.63) is 95.1 Å². The second-order valence-corrected chi connectivity index (χ2v) is 9.28. The number of hydrogen-bond donors (Lipinski definition) is 2. The summed E-state index contributed by atoms with van der Waals surface area (Å²) in [5.41, 5.74) is 4.63. The standard InChI is InChI=1S/C29H30N2O4/c1-29(2)18-21-10-13-24(35-4)16-25(21)26(31-29)17-27(32)20-6-5-7-22(15-20)30-28(33)14-19-8-11-23(34-3)12-9-19/h5-13,15-17,31H,14,18H2,1-4H3,(H,30,33). The van der Waals surface area contributed by atoms with E-state index in [0.29, 0.717) is 11.3 Å². The number of rotatable bonds is 7. The van der Waals surface area contributed by atoms with Gasteiger partial charge in [-0.05, 0) is 67.8 Å². The van der Waals surface area contributed by atoms with E-state index < -0.39 is 0 Å². The van der Waals surface area contributed by atoms with Crippen LogP contribution in [0.2, 0.25) is 0 Å². The molecule has 1 aliphatic heterocycles. The largest absolute Gasteiger partial charge is 0.497 e. The zero-order chi connectivity index (χ0) is 25.0. The highest BCUT2D eigenvalue weighted by atomic mass is 16.5. The van der Waals surface area contributed by atoms with Crippen molar-refractivity contribution in [1.29, 1.82) is 0 Å². The molecule has 0 saturated carbocycles. The number of benzene rings is 3. The quantitative estimate of drug-likeness (QED) is 0.374. The van der Waals surface area contributed by atoms with E-state index in [0.717, 1.165) is 40.3 Å². The van der Waals surface area contributed by atoms with E-state index in [1.807, 2.05) is 42.5 Å². The maximum atomic E-state index is 13.2. The van der Waals surface area contributed by atoms with Crippen molar-refractivity contribution < 1.29 is 19.1 Å². The summed E-state index contributed by atoms with van der Waals surface area (Å²) in [6.45, 7) is 4.22. The molecule has 0 fully saturated rings. The molecule has 180 valence electrons. The molecule has 1 heterocycles. The van der Waals surface area contributed by atoms with Crippen LogP contribution < -0.4 is 20.1 Å². The molecule has 6 nitrogen and oxygen atoms in total. The molecule has 0 unspecified atom stereocenters. The van der Waals surface area contributed by atoms with Crippen LogP contribution >= 0.6 is 0 Å². The average molecular weight is 471 g/mol. The third-order valence-electron chi connectivity index (χ3n) is 5.94. The van der Waals surface area contributed by atoms with Crippen LogP contribution in [0.1, 0.15) is 40.9 Å². The van der Waals surface area contributed by atoms with Crippen LogP contribution in [0.4, 0.5) is 5.69 Å². The molecule has 0 bridgehead atoms. The van der Waals surface area contributed by atoms with Crippen LogP contribution in [-0.4, -0.2) is 31.4 Å². The summed E-state index contributed by atoms with van der Waals surface area (Å²) in [4.78, 5) is 25.7. The fraction of sp³-hybridized carbons (Fsp3) is 0.241. The molecule has 6 heteroatoms. The van der Waals surface area contributed by atoms with E-state index in [9.17, 15) is 9.59 Å². The third-order valence-corrected chi connectivity index (χ3v) is 5.94. The van der Waals surface area contributed by atoms with Crippen LogP contribution in [0.3, 0.4) is 0 Å². The van der Waals surface area contributed by atoms with Crippen LogP contribution in [-0.2, 0) is 17.6 Å². The Morgan fingerprint density at radius 2 is 1.69 bits per heavy atom. The van der Waals surface area contributed by atoms with E-state index in [-0.39, 0.29) is 23.7 Å². The zero-order valence-corrected chi connectivity index (χ0v) is 20.5. The number of carbonyl (C=O) groups is 2. The number of hydrogen-bond acceptors (Lipinski definition) is 5. The van der Waals surface area contributed by atoms with Crippen molar-refractivity contribution in [2.45, 2.75) is 32.2 Å². The summed E-state index contributed by atoms with van der Waals surface area (Å²) in [5.74, 6) is 1.18. The highest BCUT2D eigenvalue weighted by Crippen LogP contribution is 2.32. The normalized spacial score (nSPS) is 15.0. The van der Waals surface area contributed by atoms with Crippen molar-refractivity contribution in [2.24, 2.45) is 0 Å². The summed E-state index contributed by atoms with van der Waals surface area (Å²) in [5, 5.41) is 6.38. The Bertz CT molecular complexity index is 1280. The smallest absolute Gasteiger partial charge is 0.228 e. The Kier molecular flexibility index (Phi) is 6.92. The second kappa shape index (κ2) is 10.1. The van der Waals surface area contributed by atoms with Gasteiger partial charge in [-0.3, -0.25) is 9.59 Å². The van der Waals surface area contributed by atoms with Crippen LogP contribution in [0.25, 0.3) is 5.70 Å². The van der Waals surface area contributed by atoms with Crippen LogP contribution in [0.5, 0.6) is 11.5 Å². The summed E-state index contributed by atoms with van der Waals surface area (Å²) in [7, 11) is 3.23. The van der Waals surface area contributed by atoms with Gasteiger partial charge >= 0.3 is 0 Å². The van der Waals surface area contributed by atoms with Gasteiger partial charge in [-0.25, -0.2) is 0 Å². The average Bonchev–Trinajstić information content (AvgIpc) is 2.83. The van der Waals surface area contributed by atoms with Gasteiger partial charge in [0.2, 0.25) is 5.91 Å². The van der Waals surface area contributed by atoms with Crippen molar-refractivity contribution in [3.63, 3.8) is 0 Å². The predicted octanol–water partition coefficient (Wildman–Crippen LogP) is 5.03. The Labute approximate surface area is 206 Å². The van der Waals surface area contributed by atoms with Gasteiger partial charge in [0.05, 0.1) is 20.6 Å². The topological polar surface area (TPSA) is 76.7 Å². The number of methoxy groups -OCH3 is 2. The first kappa shape index (κ1) is 24.1. The molecule has 1 amide bonds. The summed E-state index contributed by atoms with van der Waals surface area (Å²) in [6.07, 6.45) is 2.69. The molecule has 4 rings (SSSR count). The molecule has 1 aliphatic rings. The molecule has 0 aromatic heterocycles. The lowest BCUT2D eigenvalue weighted by molar-refractivity contribution is -0.115. The zero-order valence-electron chi connectivity index (χ0n) is 20.5. The Balaban J connectivity index is 1.52. The maximum absolute atomic E-state index is 13.2. The van der Waals surface area contributed by atoms with Gasteiger partial charge in [0.25, 0.3) is 0 Å². The number of amides is 1. The van der Waals surface area contributed by atoms with Crippen molar-refractivity contribution >= 4 is 23.1 Å². The van der Waals surface area contributed by atoms with Crippen molar-refractivity contribution in [2.75, 3.05) is 19.5 Å². The Hall–Kier alpha value is -4.06. The lowest BCUT2D eigenvalue weighted by Crippen LogP contribution is -2.43. The second-order valence-electron chi connectivity index (χ2n) is 9.28. The molecule has 0 aliphatic carbocycles. The van der Waals surface area contributed by atoms with Gasteiger partial charge in [-0.1, -0.05) is 30.3 Å². The number of ether oxygens (including phenoxy) is 2. The van der Waals surface area contributed by atoms with Gasteiger partial charge in [-0.15, -0.1) is 0 Å². The first-order valence-electron chi connectivity index (χ1n) is 11.5. The monoisotopic (exact) mass is 470 g/mol. The molecule has 35 heavy (non-hydrogen) atoms. The molecule has 0 atom stereocenters. The minimum Gasteiger partial charge on any atom is -0.497 e. The SMILES string of the molecule is COc1ccc(CC(=O)Nc2cccc(C(=O)C=C3NC(C)(C)Cc4ccc(OC)cc43)c2)cc1. The number of nitrogens with one attached hydrogen (secondary N) is 2. The first-order valence-corrected chi connectivity index (χ1v) is 11.5. The number of ketones is 1. The van der Waals surface area contributed by atoms with E-state index in [2.05, 4.69) is 24.5 Å². The molecule has 0 saturated heterocycles. The van der Waals surface area contributed by atoms with E-state index in [4.69, 9.17) is 9.47 Å². The molecule has 3 aromatic carbocycles. The summed E-state index contributed by atoms with van der Waals surface area (Å²) in [6, 6.07) is 20.3. The number of anilines is 1. The minimum atomic E-state index is -0.190. The van der Waals surface area contributed by atoms with Crippen LogP contribution in [0.15, 0.2) is 72.8 Å². The fourth-order valence-corrected chi connectivity index (χ4v) is 4.25. The Morgan fingerprint density at radius 1 is 0.971 bits per heavy atom. The van der Waals surface area contributed by atoms with Gasteiger partial charge in [0.1, 0.15) is 11.5 Å². The lowest BCUT2D eigenvalue weighted by Gasteiger charge is -2.35. The predicted molar refractivity (Wildman–Crippen MR) is 138 cm³/mol. The Morgan fingerprint density at radius 3 is 2.40 bits per heavy atom. The van der Waals surface area contributed by atoms with Crippen molar-refractivity contribution in [3.8, 4) is 11.5 Å². The summed E-state index contributed by atoms with van der Waals surface area (Å²) < 4.78 is 10.5. The highest BCUT2D eigenvalue weighted by molar-refractivity contribution is 6.09. The van der Waals surface area contributed by atoms with E-state index in [1.54, 1.807) is 44.6 Å². The van der Waals surface area contributed by atoms with Crippen LogP contribution in [0, 0.1) is 0 Å². The molecule has 3 aromatic rings. The maximum Gasteiger partial charge on any atom is 0.228 e. The minimum absolute atomic E-state index is 0.148. The molecule has 0 spiro atoms. The van der Waals surface area contributed by atoms with Gasteiger partial charge < -0.3 is 20.1 Å². The fourth-order valence-electron chi connectivity index (χ4n) is 4.25. The first-order chi connectivity index (χ1) is 16.8. The number of allylic oxidation sites excluding steroid dienone is 1. The van der Waals surface area contributed by atoms with Gasteiger partial charge in [0, 0.05) is 34.1 Å². The number of fused-ring (bicyclic) bond motifs is 1. The molecular formula is C29H30N2O4. The van der Waals surface area contributed by atoms with Gasteiger partial charge in [0.15, 0.2) is 5.78 Å². The third kappa shape index (κ3) is 5.90. The number of carbonyl (C=O) groups excluding carboxylic acids is 2. The molecule has 0 radical (unpaired) electrons. The van der Waals surface area contributed by atoms with E-state index in [1.165, 1.54) is 0 Å². The molecular weight excluding hydrogens is 440 g/mol. The summed E-state index contributed by atoms with van der Waals surface area (Å²) >= 11 is 0. The van der Waals surface area contributed by atoms with Crippen molar-refractivity contribution in [1.82, 2.24) is 5.32 Å². The highest BCUT2D eigenvalue weighted by Gasteiger charge is 2.28. The van der Waals surface area contributed by atoms with E-state index >= 15 is 0 Å². The molecule has 2 N–H and O–H groups in total. The van der Waals surface area contributed by atoms with Gasteiger partial charge in [-0.2, -0.15) is 0 Å².